The molecule has 1 N–H and O–H groups in total. The molecular formula is C25H17Br2ClN2O7S. The normalized spacial score (nSPS) is 15.0. The molecule has 0 unspecified atom stereocenters. The highest BCUT2D eigenvalue weighted by Gasteiger charge is 2.37. The Balaban J connectivity index is 1.64. The van der Waals surface area contributed by atoms with Crippen LogP contribution in [0.25, 0.3) is 6.08 Å². The summed E-state index contributed by atoms with van der Waals surface area (Å²) in [6.45, 7) is 2.28. The molecule has 196 valence electrons. The maximum Gasteiger partial charge on any atom is 0.339 e. The van der Waals surface area contributed by atoms with Crippen molar-refractivity contribution in [3.63, 3.8) is 0 Å². The molecule has 1 fully saturated rings. The zero-order valence-corrected chi connectivity index (χ0v) is 24.1. The van der Waals surface area contributed by atoms with Crippen molar-refractivity contribution < 1.29 is 31.7 Å². The van der Waals surface area contributed by atoms with Crippen LogP contribution in [0.1, 0.15) is 12.5 Å². The monoisotopic (exact) mass is 682 g/mol. The molecule has 0 spiro atoms. The van der Waals surface area contributed by atoms with Crippen LogP contribution < -0.4 is 19.1 Å². The van der Waals surface area contributed by atoms with Crippen LogP contribution in [0, 0.1) is 0 Å². The lowest BCUT2D eigenvalue weighted by Crippen LogP contribution is -2.54. The third-order valence-corrected chi connectivity index (χ3v) is 7.80. The maximum atomic E-state index is 13.2. The molecule has 0 aliphatic carbocycles. The highest BCUT2D eigenvalue weighted by molar-refractivity contribution is 9.11. The average molecular weight is 685 g/mol. The van der Waals surface area contributed by atoms with E-state index in [9.17, 15) is 22.8 Å². The van der Waals surface area contributed by atoms with E-state index in [0.717, 1.165) is 4.90 Å². The second-order valence-corrected chi connectivity index (χ2v) is 11.4. The summed E-state index contributed by atoms with van der Waals surface area (Å²) in [4.78, 5) is 38.9. The van der Waals surface area contributed by atoms with Gasteiger partial charge in [-0.2, -0.15) is 8.42 Å². The highest BCUT2D eigenvalue weighted by atomic mass is 79.9. The van der Waals surface area contributed by atoms with E-state index in [1.165, 1.54) is 54.6 Å². The third kappa shape index (κ3) is 5.93. The Morgan fingerprint density at radius 1 is 0.974 bits per heavy atom. The molecule has 1 heterocycles. The molecule has 38 heavy (non-hydrogen) atoms. The summed E-state index contributed by atoms with van der Waals surface area (Å²) in [5, 5.41) is 2.52. The summed E-state index contributed by atoms with van der Waals surface area (Å²) in [6, 6.07) is 13.7. The molecule has 9 nitrogen and oxygen atoms in total. The Morgan fingerprint density at radius 2 is 1.58 bits per heavy atom. The Morgan fingerprint density at radius 3 is 2.16 bits per heavy atom. The fraction of sp³-hybridized carbons (Fsp3) is 0.0800. The van der Waals surface area contributed by atoms with E-state index in [-0.39, 0.29) is 30.9 Å². The van der Waals surface area contributed by atoms with Gasteiger partial charge < -0.3 is 8.92 Å². The van der Waals surface area contributed by atoms with Crippen molar-refractivity contribution >= 4 is 83.2 Å². The minimum Gasteiger partial charge on any atom is -0.494 e. The number of barbiturate groups is 1. The minimum atomic E-state index is -4.19. The van der Waals surface area contributed by atoms with Gasteiger partial charge in [0.25, 0.3) is 11.8 Å². The first-order chi connectivity index (χ1) is 18.0. The summed E-state index contributed by atoms with van der Waals surface area (Å²) in [5.74, 6) is -1.20. The second kappa shape index (κ2) is 11.3. The molecule has 4 rings (SSSR count). The number of nitrogens with zero attached hydrogens (tertiary/aromatic N) is 1. The van der Waals surface area contributed by atoms with Gasteiger partial charge in [-0.1, -0.05) is 11.6 Å². The van der Waals surface area contributed by atoms with Gasteiger partial charge in [0.05, 0.1) is 21.2 Å². The molecule has 3 aromatic carbocycles. The van der Waals surface area contributed by atoms with Crippen molar-refractivity contribution in [2.24, 2.45) is 0 Å². The Labute approximate surface area is 239 Å². The summed E-state index contributed by atoms with van der Waals surface area (Å²) in [6.07, 6.45) is 1.28. The standard InChI is InChI=1S/C25H17Br2ClN2O7S/c1-2-36-17-7-5-16(6-8-17)30-24(32)19(23(31)29-25(30)33)11-14-12-20(26)22(21(27)13-14)37-38(34,35)18-9-3-15(28)4-10-18/h3-13H,2H2,1H3,(H,29,31,33)/b19-11+. The summed E-state index contributed by atoms with van der Waals surface area (Å²) < 4.78 is 36.5. The highest BCUT2D eigenvalue weighted by Crippen LogP contribution is 2.37. The van der Waals surface area contributed by atoms with Crippen molar-refractivity contribution in [2.45, 2.75) is 11.8 Å². The predicted octanol–water partition coefficient (Wildman–Crippen LogP) is 5.70. The van der Waals surface area contributed by atoms with Crippen LogP contribution in [0.2, 0.25) is 5.02 Å². The van der Waals surface area contributed by atoms with Gasteiger partial charge in [-0.15, -0.1) is 0 Å². The molecule has 1 aliphatic heterocycles. The molecule has 3 aromatic rings. The number of urea groups is 1. The molecule has 0 atom stereocenters. The van der Waals surface area contributed by atoms with E-state index in [4.69, 9.17) is 20.5 Å². The number of nitrogens with one attached hydrogen (secondary N) is 1. The van der Waals surface area contributed by atoms with E-state index in [0.29, 0.717) is 22.9 Å². The van der Waals surface area contributed by atoms with E-state index in [1.54, 1.807) is 12.1 Å². The number of hydrogen-bond acceptors (Lipinski definition) is 7. The SMILES string of the molecule is CCOc1ccc(N2C(=O)NC(=O)/C(=C\c3cc(Br)c(OS(=O)(=O)c4ccc(Cl)cc4)c(Br)c3)C2=O)cc1. The van der Waals surface area contributed by atoms with Gasteiger partial charge in [-0.05, 0) is 111 Å². The number of rotatable bonds is 7. The lowest BCUT2D eigenvalue weighted by molar-refractivity contribution is -0.122. The fourth-order valence-corrected chi connectivity index (χ4v) is 6.11. The fourth-order valence-electron chi connectivity index (χ4n) is 3.42. The number of anilines is 1. The smallest absolute Gasteiger partial charge is 0.339 e. The average Bonchev–Trinajstić information content (AvgIpc) is 2.85. The number of benzene rings is 3. The number of carbonyl (C=O) groups is 3. The Hall–Kier alpha value is -3.19. The lowest BCUT2D eigenvalue weighted by Gasteiger charge is -2.26. The van der Waals surface area contributed by atoms with Gasteiger partial charge in [-0.3, -0.25) is 14.9 Å². The number of ether oxygens (including phenoxy) is 1. The first-order valence-electron chi connectivity index (χ1n) is 10.8. The summed E-state index contributed by atoms with van der Waals surface area (Å²) in [5.41, 5.74) is 0.284. The van der Waals surface area contributed by atoms with Gasteiger partial charge in [0.15, 0.2) is 5.75 Å². The largest absolute Gasteiger partial charge is 0.494 e. The molecule has 0 bridgehead atoms. The number of amides is 4. The van der Waals surface area contributed by atoms with Crippen LogP contribution >= 0.6 is 43.5 Å². The molecule has 1 saturated heterocycles. The van der Waals surface area contributed by atoms with E-state index in [1.807, 2.05) is 6.92 Å². The van der Waals surface area contributed by atoms with Crippen LogP contribution in [-0.4, -0.2) is 32.9 Å². The third-order valence-electron chi connectivity index (χ3n) is 5.13. The maximum absolute atomic E-state index is 13.2. The number of carbonyl (C=O) groups excluding carboxylic acids is 3. The topological polar surface area (TPSA) is 119 Å². The number of imide groups is 2. The molecule has 0 aromatic heterocycles. The molecule has 4 amide bonds. The van der Waals surface area contributed by atoms with Gasteiger partial charge >= 0.3 is 16.1 Å². The van der Waals surface area contributed by atoms with Gasteiger partial charge in [0.2, 0.25) is 0 Å². The van der Waals surface area contributed by atoms with Gasteiger partial charge in [0.1, 0.15) is 16.2 Å². The summed E-state index contributed by atoms with van der Waals surface area (Å²) >= 11 is 12.4. The molecule has 0 saturated carbocycles. The van der Waals surface area contributed by atoms with E-state index in [2.05, 4.69) is 37.2 Å². The number of hydrogen-bond donors (Lipinski definition) is 1. The quantitative estimate of drug-likeness (QED) is 0.193. The van der Waals surface area contributed by atoms with Crippen LogP contribution in [0.3, 0.4) is 0 Å². The molecular weight excluding hydrogens is 668 g/mol. The first-order valence-corrected chi connectivity index (χ1v) is 14.2. The zero-order chi connectivity index (χ0) is 27.6. The van der Waals surface area contributed by atoms with Gasteiger partial charge in [-0.25, -0.2) is 9.69 Å². The van der Waals surface area contributed by atoms with Crippen LogP contribution in [0.5, 0.6) is 11.5 Å². The van der Waals surface area contributed by atoms with Gasteiger partial charge in [0, 0.05) is 5.02 Å². The molecule has 0 radical (unpaired) electrons. The minimum absolute atomic E-state index is 0.0484. The zero-order valence-electron chi connectivity index (χ0n) is 19.4. The molecule has 13 heteroatoms. The molecule has 1 aliphatic rings. The Kier molecular flexibility index (Phi) is 8.26. The van der Waals surface area contributed by atoms with Crippen LogP contribution in [0.15, 0.2) is 80.1 Å². The first kappa shape index (κ1) is 27.8. The van der Waals surface area contributed by atoms with E-state index >= 15 is 0 Å². The number of halogens is 3. The van der Waals surface area contributed by atoms with Crippen LogP contribution in [-0.2, 0) is 19.7 Å². The van der Waals surface area contributed by atoms with Crippen molar-refractivity contribution in [3.8, 4) is 11.5 Å². The Bertz CT molecular complexity index is 1550. The van der Waals surface area contributed by atoms with Crippen molar-refractivity contribution in [1.29, 1.82) is 0 Å². The summed E-state index contributed by atoms with van der Waals surface area (Å²) in [7, 11) is -4.19. The van der Waals surface area contributed by atoms with Crippen molar-refractivity contribution in [3.05, 3.63) is 85.8 Å². The lowest BCUT2D eigenvalue weighted by atomic mass is 10.1. The second-order valence-electron chi connectivity index (χ2n) is 7.69. The van der Waals surface area contributed by atoms with E-state index < -0.39 is 28.0 Å². The van der Waals surface area contributed by atoms with Crippen molar-refractivity contribution in [2.75, 3.05) is 11.5 Å². The van der Waals surface area contributed by atoms with Crippen molar-refractivity contribution in [1.82, 2.24) is 5.32 Å². The van der Waals surface area contributed by atoms with Crippen LogP contribution in [0.4, 0.5) is 10.5 Å². The predicted molar refractivity (Wildman–Crippen MR) is 148 cm³/mol.